The van der Waals surface area contributed by atoms with Crippen molar-refractivity contribution in [3.63, 3.8) is 0 Å². The number of aliphatic hydroxyl groups is 1. The predicted molar refractivity (Wildman–Crippen MR) is 70.3 cm³/mol. The van der Waals surface area contributed by atoms with E-state index in [-0.39, 0.29) is 5.69 Å². The van der Waals surface area contributed by atoms with E-state index in [9.17, 15) is 14.7 Å². The molecule has 1 aromatic heterocycles. The van der Waals surface area contributed by atoms with E-state index in [4.69, 9.17) is 16.7 Å². The van der Waals surface area contributed by atoms with E-state index in [1.807, 2.05) is 6.92 Å². The molecule has 7 heteroatoms. The fraction of sp³-hybridized carbons (Fsp3) is 0.500. The zero-order valence-electron chi connectivity index (χ0n) is 10.8. The number of hydrogen-bond acceptors (Lipinski definition) is 3. The molecule has 0 unspecified atom stereocenters. The third-order valence-corrected chi connectivity index (χ3v) is 2.80. The van der Waals surface area contributed by atoms with Gasteiger partial charge in [0.25, 0.3) is 5.91 Å². The summed E-state index contributed by atoms with van der Waals surface area (Å²) in [7, 11) is 0. The lowest BCUT2D eigenvalue weighted by atomic mass is 10.2. The Hall–Kier alpha value is -1.53. The molecule has 1 heterocycles. The van der Waals surface area contributed by atoms with Gasteiger partial charge >= 0.3 is 5.97 Å². The molecular weight excluding hydrogens is 272 g/mol. The van der Waals surface area contributed by atoms with Crippen LogP contribution in [0.15, 0.2) is 12.3 Å². The summed E-state index contributed by atoms with van der Waals surface area (Å²) >= 11 is 5.84. The lowest BCUT2D eigenvalue weighted by Crippen LogP contribution is -2.48. The summed E-state index contributed by atoms with van der Waals surface area (Å²) in [4.78, 5) is 22.9. The molecule has 6 nitrogen and oxygen atoms in total. The number of carbonyl (C=O) groups excluding carboxylic acids is 1. The van der Waals surface area contributed by atoms with Crippen molar-refractivity contribution in [2.24, 2.45) is 0 Å². The van der Waals surface area contributed by atoms with Gasteiger partial charge in [0.1, 0.15) is 5.69 Å². The molecule has 0 saturated heterocycles. The number of amides is 1. The van der Waals surface area contributed by atoms with Crippen LogP contribution in [-0.4, -0.2) is 38.8 Å². The third kappa shape index (κ3) is 3.97. The molecular formula is C12H17ClN2O4. The van der Waals surface area contributed by atoms with Crippen molar-refractivity contribution in [1.29, 1.82) is 0 Å². The molecule has 1 aromatic rings. The normalized spacial score (nSPS) is 13.9. The van der Waals surface area contributed by atoms with Gasteiger partial charge in [-0.05, 0) is 19.4 Å². The first kappa shape index (κ1) is 15.5. The highest BCUT2D eigenvalue weighted by molar-refractivity contribution is 6.31. The van der Waals surface area contributed by atoms with Gasteiger partial charge in [0, 0.05) is 12.7 Å². The third-order valence-electron chi connectivity index (χ3n) is 2.60. The Kier molecular flexibility index (Phi) is 5.38. The Morgan fingerprint density at radius 2 is 2.16 bits per heavy atom. The number of hydrogen-bond donors (Lipinski definition) is 3. The number of aliphatic carboxylic acids is 1. The SMILES string of the molecule is CCCn1cc(Cl)cc1C(=O)N[C@H](C(=O)O)[C@@H](C)O. The highest BCUT2D eigenvalue weighted by atomic mass is 35.5. The van der Waals surface area contributed by atoms with Crippen molar-refractivity contribution >= 4 is 23.5 Å². The summed E-state index contributed by atoms with van der Waals surface area (Å²) in [5.74, 6) is -1.86. The van der Waals surface area contributed by atoms with Crippen LogP contribution in [0.4, 0.5) is 0 Å². The van der Waals surface area contributed by atoms with Gasteiger partial charge in [-0.3, -0.25) is 4.79 Å². The molecule has 0 aliphatic rings. The van der Waals surface area contributed by atoms with Gasteiger partial charge in [-0.2, -0.15) is 0 Å². The first-order chi connectivity index (χ1) is 8.86. The standard InChI is InChI=1S/C12H17ClN2O4/c1-3-4-15-6-8(13)5-9(15)11(17)14-10(7(2)16)12(18)19/h5-7,10,16H,3-4H2,1-2H3,(H,14,17)(H,18,19)/t7-,10+/m1/s1. The molecule has 0 bridgehead atoms. The maximum atomic E-state index is 12.0. The van der Waals surface area contributed by atoms with Crippen LogP contribution >= 0.6 is 11.6 Å². The van der Waals surface area contributed by atoms with E-state index >= 15 is 0 Å². The second kappa shape index (κ2) is 6.58. The van der Waals surface area contributed by atoms with Crippen molar-refractivity contribution in [2.75, 3.05) is 0 Å². The van der Waals surface area contributed by atoms with E-state index in [2.05, 4.69) is 5.32 Å². The fourth-order valence-electron chi connectivity index (χ4n) is 1.69. The quantitative estimate of drug-likeness (QED) is 0.731. The van der Waals surface area contributed by atoms with Gasteiger partial charge in [0.2, 0.25) is 0 Å². The first-order valence-corrected chi connectivity index (χ1v) is 6.32. The zero-order valence-corrected chi connectivity index (χ0v) is 11.5. The van der Waals surface area contributed by atoms with Gasteiger partial charge < -0.3 is 20.1 Å². The van der Waals surface area contributed by atoms with E-state index in [1.165, 1.54) is 13.0 Å². The summed E-state index contributed by atoms with van der Waals surface area (Å²) in [5.41, 5.74) is 0.277. The van der Waals surface area contributed by atoms with Crippen LogP contribution < -0.4 is 5.32 Å². The van der Waals surface area contributed by atoms with Gasteiger partial charge in [-0.15, -0.1) is 0 Å². The molecule has 0 aliphatic heterocycles. The van der Waals surface area contributed by atoms with Crippen LogP contribution in [0.2, 0.25) is 5.02 Å². The monoisotopic (exact) mass is 288 g/mol. The molecule has 0 aromatic carbocycles. The Morgan fingerprint density at radius 3 is 2.63 bits per heavy atom. The summed E-state index contributed by atoms with van der Waals surface area (Å²) in [6.07, 6.45) is 1.23. The largest absolute Gasteiger partial charge is 0.480 e. The Balaban J connectivity index is 2.91. The molecule has 3 N–H and O–H groups in total. The zero-order chi connectivity index (χ0) is 14.6. The van der Waals surface area contributed by atoms with Crippen LogP contribution in [-0.2, 0) is 11.3 Å². The average Bonchev–Trinajstić information content (AvgIpc) is 2.66. The molecule has 2 atom stereocenters. The average molecular weight is 289 g/mol. The molecule has 0 radical (unpaired) electrons. The minimum absolute atomic E-state index is 0.277. The number of aliphatic hydroxyl groups excluding tert-OH is 1. The Bertz CT molecular complexity index is 470. The van der Waals surface area contributed by atoms with Crippen LogP contribution in [0.3, 0.4) is 0 Å². The number of aromatic nitrogens is 1. The number of nitrogens with one attached hydrogen (secondary N) is 1. The summed E-state index contributed by atoms with van der Waals surface area (Å²) in [5, 5.41) is 20.9. The second-order valence-corrected chi connectivity index (χ2v) is 4.70. The molecule has 19 heavy (non-hydrogen) atoms. The smallest absolute Gasteiger partial charge is 0.328 e. The summed E-state index contributed by atoms with van der Waals surface area (Å²) in [6.45, 7) is 3.85. The predicted octanol–water partition coefficient (Wildman–Crippen LogP) is 1.12. The minimum atomic E-state index is -1.35. The molecule has 0 spiro atoms. The molecule has 106 valence electrons. The number of carboxylic acids is 1. The number of carboxylic acid groups (broad SMARTS) is 1. The molecule has 0 fully saturated rings. The molecule has 1 amide bonds. The van der Waals surface area contributed by atoms with Gasteiger partial charge in [0.15, 0.2) is 6.04 Å². The van der Waals surface area contributed by atoms with Crippen LogP contribution in [0.25, 0.3) is 0 Å². The second-order valence-electron chi connectivity index (χ2n) is 4.27. The summed E-state index contributed by atoms with van der Waals surface area (Å²) in [6, 6.07) is 0.115. The van der Waals surface area contributed by atoms with Crippen LogP contribution in [0.1, 0.15) is 30.8 Å². The van der Waals surface area contributed by atoms with E-state index < -0.39 is 24.0 Å². The number of rotatable bonds is 6. The van der Waals surface area contributed by atoms with E-state index in [1.54, 1.807) is 10.8 Å². The van der Waals surface area contributed by atoms with Crippen LogP contribution in [0, 0.1) is 0 Å². The van der Waals surface area contributed by atoms with Crippen molar-refractivity contribution in [1.82, 2.24) is 9.88 Å². The van der Waals surface area contributed by atoms with Crippen LogP contribution in [0.5, 0.6) is 0 Å². The van der Waals surface area contributed by atoms with Gasteiger partial charge in [0.05, 0.1) is 11.1 Å². The fourth-order valence-corrected chi connectivity index (χ4v) is 1.92. The first-order valence-electron chi connectivity index (χ1n) is 5.94. The van der Waals surface area contributed by atoms with Gasteiger partial charge in [-0.1, -0.05) is 18.5 Å². The van der Waals surface area contributed by atoms with Crippen molar-refractivity contribution < 1.29 is 19.8 Å². The number of carbonyl (C=O) groups is 2. The van der Waals surface area contributed by atoms with Crippen molar-refractivity contribution in [2.45, 2.75) is 39.0 Å². The molecule has 1 rings (SSSR count). The maximum Gasteiger partial charge on any atom is 0.328 e. The molecule has 0 aliphatic carbocycles. The highest BCUT2D eigenvalue weighted by Crippen LogP contribution is 2.15. The Morgan fingerprint density at radius 1 is 1.53 bits per heavy atom. The number of halogens is 1. The number of aryl methyl sites for hydroxylation is 1. The van der Waals surface area contributed by atoms with Gasteiger partial charge in [-0.25, -0.2) is 4.79 Å². The van der Waals surface area contributed by atoms with E-state index in [0.717, 1.165) is 6.42 Å². The number of nitrogens with zero attached hydrogens (tertiary/aromatic N) is 1. The lowest BCUT2D eigenvalue weighted by Gasteiger charge is -2.17. The van der Waals surface area contributed by atoms with Crippen molar-refractivity contribution in [3.8, 4) is 0 Å². The Labute approximate surface area is 116 Å². The topological polar surface area (TPSA) is 91.6 Å². The minimum Gasteiger partial charge on any atom is -0.480 e. The highest BCUT2D eigenvalue weighted by Gasteiger charge is 2.26. The van der Waals surface area contributed by atoms with E-state index in [0.29, 0.717) is 11.6 Å². The molecule has 0 saturated carbocycles. The summed E-state index contributed by atoms with van der Waals surface area (Å²) < 4.78 is 1.65. The van der Waals surface area contributed by atoms with Crippen molar-refractivity contribution in [3.05, 3.63) is 23.0 Å². The lowest BCUT2D eigenvalue weighted by molar-refractivity contribution is -0.141. The maximum absolute atomic E-state index is 12.0.